The van der Waals surface area contributed by atoms with Crippen LogP contribution in [0.4, 0.5) is 0 Å². The first-order valence-electron chi connectivity index (χ1n) is 4.33. The molecule has 0 aliphatic carbocycles. The summed E-state index contributed by atoms with van der Waals surface area (Å²) in [6.45, 7) is 0. The normalized spacial score (nSPS) is 10.6. The van der Waals surface area contributed by atoms with Crippen LogP contribution < -0.4 is 0 Å². The predicted molar refractivity (Wildman–Crippen MR) is 57.1 cm³/mol. The molecule has 0 radical (unpaired) electrons. The van der Waals surface area contributed by atoms with Gasteiger partial charge in [-0.15, -0.1) is 0 Å². The van der Waals surface area contributed by atoms with E-state index in [1.807, 2.05) is 23.9 Å². The lowest BCUT2D eigenvalue weighted by atomic mass is 10.2. The third-order valence-corrected chi connectivity index (χ3v) is 2.55. The van der Waals surface area contributed by atoms with E-state index in [4.69, 9.17) is 11.6 Å². The van der Waals surface area contributed by atoms with Crippen molar-refractivity contribution in [3.8, 4) is 0 Å². The Hall–Kier alpha value is -1.55. The molecule has 2 aromatic rings. The summed E-state index contributed by atoms with van der Waals surface area (Å²) in [7, 11) is 3.18. The zero-order chi connectivity index (χ0) is 11.0. The fraction of sp³-hybridized carbons (Fsp3) is 0.200. The molecule has 2 heterocycles. The molecule has 2 aromatic heterocycles. The van der Waals surface area contributed by atoms with Crippen molar-refractivity contribution in [2.24, 2.45) is 7.05 Å². The van der Waals surface area contributed by atoms with E-state index in [2.05, 4.69) is 9.72 Å². The minimum absolute atomic E-state index is 0.380. The Kier molecular flexibility index (Phi) is 2.36. The summed E-state index contributed by atoms with van der Waals surface area (Å²) < 4.78 is 6.48. The van der Waals surface area contributed by atoms with Crippen LogP contribution in [-0.4, -0.2) is 22.6 Å². The number of pyridine rings is 1. The molecule has 0 amide bonds. The lowest BCUT2D eigenvalue weighted by molar-refractivity contribution is 0.0602. The molecule has 0 unspecified atom stereocenters. The molecule has 4 nitrogen and oxygen atoms in total. The van der Waals surface area contributed by atoms with Crippen molar-refractivity contribution in [1.82, 2.24) is 9.55 Å². The summed E-state index contributed by atoms with van der Waals surface area (Å²) in [6.07, 6.45) is 3.25. The number of ether oxygens (including phenoxy) is 1. The molecule has 0 N–H and O–H groups in total. The van der Waals surface area contributed by atoms with Crippen molar-refractivity contribution in [3.63, 3.8) is 0 Å². The monoisotopic (exact) mass is 224 g/mol. The van der Waals surface area contributed by atoms with Crippen LogP contribution in [0.1, 0.15) is 10.4 Å². The minimum Gasteiger partial charge on any atom is -0.465 e. The number of methoxy groups -OCH3 is 1. The smallest absolute Gasteiger partial charge is 0.340 e. The van der Waals surface area contributed by atoms with Crippen LogP contribution in [0.3, 0.4) is 0 Å². The zero-order valence-corrected chi connectivity index (χ0v) is 9.08. The van der Waals surface area contributed by atoms with Crippen LogP contribution in [-0.2, 0) is 11.8 Å². The third-order valence-electron chi connectivity index (χ3n) is 2.27. The molecule has 0 atom stereocenters. The SMILES string of the molecule is COC(=O)c1cnc(Cl)c2c1ccn2C. The van der Waals surface area contributed by atoms with E-state index < -0.39 is 5.97 Å². The van der Waals surface area contributed by atoms with Gasteiger partial charge >= 0.3 is 5.97 Å². The number of carbonyl (C=O) groups is 1. The molecule has 2 rings (SSSR count). The Balaban J connectivity index is 2.78. The molecule has 15 heavy (non-hydrogen) atoms. The number of esters is 1. The summed E-state index contributed by atoms with van der Waals surface area (Å²) in [4.78, 5) is 15.4. The molecule has 0 aromatic carbocycles. The van der Waals surface area contributed by atoms with Gasteiger partial charge in [-0.2, -0.15) is 0 Å². The Morgan fingerprint density at radius 1 is 1.60 bits per heavy atom. The highest BCUT2D eigenvalue weighted by atomic mass is 35.5. The quantitative estimate of drug-likeness (QED) is 0.550. The molecular weight excluding hydrogens is 216 g/mol. The largest absolute Gasteiger partial charge is 0.465 e. The molecule has 0 spiro atoms. The Morgan fingerprint density at radius 2 is 2.33 bits per heavy atom. The van der Waals surface area contributed by atoms with Crippen molar-refractivity contribution in [1.29, 1.82) is 0 Å². The van der Waals surface area contributed by atoms with Gasteiger partial charge in [0.2, 0.25) is 0 Å². The third kappa shape index (κ3) is 1.47. The second kappa shape index (κ2) is 3.55. The number of aryl methyl sites for hydroxylation is 1. The highest BCUT2D eigenvalue weighted by molar-refractivity contribution is 6.34. The number of hydrogen-bond acceptors (Lipinski definition) is 3. The van der Waals surface area contributed by atoms with E-state index in [-0.39, 0.29) is 0 Å². The van der Waals surface area contributed by atoms with E-state index in [0.717, 1.165) is 10.9 Å². The molecule has 0 saturated carbocycles. The molecule has 0 saturated heterocycles. The average Bonchev–Trinajstić information content (AvgIpc) is 2.61. The molecule has 5 heteroatoms. The number of nitrogens with zero attached hydrogens (tertiary/aromatic N) is 2. The number of hydrogen-bond donors (Lipinski definition) is 0. The Labute approximate surface area is 91.4 Å². The van der Waals surface area contributed by atoms with E-state index in [1.165, 1.54) is 13.3 Å². The van der Waals surface area contributed by atoms with Crippen molar-refractivity contribution in [3.05, 3.63) is 29.2 Å². The van der Waals surface area contributed by atoms with Gasteiger partial charge in [0.15, 0.2) is 5.15 Å². The zero-order valence-electron chi connectivity index (χ0n) is 8.32. The van der Waals surface area contributed by atoms with Crippen molar-refractivity contribution < 1.29 is 9.53 Å². The maximum Gasteiger partial charge on any atom is 0.340 e. The summed E-state index contributed by atoms with van der Waals surface area (Å²) in [5, 5.41) is 1.13. The van der Waals surface area contributed by atoms with Crippen LogP contribution in [0.2, 0.25) is 5.15 Å². The highest BCUT2D eigenvalue weighted by Crippen LogP contribution is 2.25. The maximum absolute atomic E-state index is 11.4. The fourth-order valence-electron chi connectivity index (χ4n) is 1.53. The van der Waals surface area contributed by atoms with Gasteiger partial charge in [-0.05, 0) is 6.07 Å². The van der Waals surface area contributed by atoms with Gasteiger partial charge in [0, 0.05) is 24.8 Å². The number of rotatable bonds is 1. The van der Waals surface area contributed by atoms with Gasteiger partial charge in [-0.25, -0.2) is 9.78 Å². The molecule has 0 fully saturated rings. The highest BCUT2D eigenvalue weighted by Gasteiger charge is 2.14. The summed E-state index contributed by atoms with van der Waals surface area (Å²) in [5.41, 5.74) is 1.16. The minimum atomic E-state index is -0.407. The fourth-order valence-corrected chi connectivity index (χ4v) is 1.81. The van der Waals surface area contributed by atoms with Gasteiger partial charge in [0.05, 0.1) is 18.2 Å². The van der Waals surface area contributed by atoms with E-state index in [9.17, 15) is 4.79 Å². The molecule has 78 valence electrons. The van der Waals surface area contributed by atoms with Gasteiger partial charge < -0.3 is 9.30 Å². The molecular formula is C10H9ClN2O2. The van der Waals surface area contributed by atoms with Crippen LogP contribution in [0.5, 0.6) is 0 Å². The second-order valence-electron chi connectivity index (χ2n) is 3.14. The Morgan fingerprint density at radius 3 is 3.00 bits per heavy atom. The molecule has 0 bridgehead atoms. The second-order valence-corrected chi connectivity index (χ2v) is 3.50. The number of fused-ring (bicyclic) bond motifs is 1. The topological polar surface area (TPSA) is 44.1 Å². The van der Waals surface area contributed by atoms with Crippen LogP contribution in [0, 0.1) is 0 Å². The lowest BCUT2D eigenvalue weighted by Gasteiger charge is -2.03. The predicted octanol–water partition coefficient (Wildman–Crippen LogP) is 2.01. The number of aromatic nitrogens is 2. The van der Waals surface area contributed by atoms with Gasteiger partial charge in [-0.1, -0.05) is 11.6 Å². The van der Waals surface area contributed by atoms with E-state index >= 15 is 0 Å². The van der Waals surface area contributed by atoms with E-state index in [0.29, 0.717) is 10.7 Å². The summed E-state index contributed by atoms with van der Waals surface area (Å²) in [5.74, 6) is -0.407. The first-order chi connectivity index (χ1) is 7.15. The standard InChI is InChI=1S/C10H9ClN2O2/c1-13-4-3-6-7(10(14)15-2)5-12-9(11)8(6)13/h3-5H,1-2H3. The van der Waals surface area contributed by atoms with Crippen molar-refractivity contribution in [2.45, 2.75) is 0 Å². The first-order valence-corrected chi connectivity index (χ1v) is 4.70. The number of carbonyl (C=O) groups excluding carboxylic acids is 1. The van der Waals surface area contributed by atoms with Crippen LogP contribution in [0.15, 0.2) is 18.5 Å². The van der Waals surface area contributed by atoms with Gasteiger partial charge in [0.25, 0.3) is 0 Å². The van der Waals surface area contributed by atoms with Crippen LogP contribution in [0.25, 0.3) is 10.9 Å². The van der Waals surface area contributed by atoms with Crippen LogP contribution >= 0.6 is 11.6 Å². The molecule has 0 aliphatic heterocycles. The summed E-state index contributed by atoms with van der Waals surface area (Å²) in [6, 6.07) is 1.81. The maximum atomic E-state index is 11.4. The molecule has 0 aliphatic rings. The van der Waals surface area contributed by atoms with Gasteiger partial charge in [-0.3, -0.25) is 0 Å². The first kappa shape index (κ1) is 9.98. The number of halogens is 1. The summed E-state index contributed by atoms with van der Waals surface area (Å²) >= 11 is 5.94. The Bertz CT molecular complexity index is 533. The van der Waals surface area contributed by atoms with Gasteiger partial charge in [0.1, 0.15) is 0 Å². The van der Waals surface area contributed by atoms with E-state index in [1.54, 1.807) is 0 Å². The average molecular weight is 225 g/mol. The van der Waals surface area contributed by atoms with Crippen molar-refractivity contribution >= 4 is 28.5 Å². The van der Waals surface area contributed by atoms with Crippen molar-refractivity contribution in [2.75, 3.05) is 7.11 Å². The lowest BCUT2D eigenvalue weighted by Crippen LogP contribution is -2.03.